The van der Waals surface area contributed by atoms with Gasteiger partial charge < -0.3 is 8.82 Å². The Bertz CT molecular complexity index is 685. The fourth-order valence-corrected chi connectivity index (χ4v) is 1.72. The van der Waals surface area contributed by atoms with E-state index < -0.39 is 11.7 Å². The van der Waals surface area contributed by atoms with Gasteiger partial charge in [-0.2, -0.15) is 13.2 Å². The number of alkyl halides is 3. The third-order valence-corrected chi connectivity index (χ3v) is 2.51. The fraction of sp³-hybridized carbons (Fsp3) is 0.0909. The minimum Gasteiger partial charge on any atom is -0.443 e. The smallest absolute Gasteiger partial charge is 0.417 e. The Morgan fingerprint density at radius 3 is 2.78 bits per heavy atom. The fourth-order valence-electron chi connectivity index (χ4n) is 1.72. The first-order chi connectivity index (χ1) is 8.55. The quantitative estimate of drug-likeness (QED) is 0.669. The molecule has 0 bridgehead atoms. The van der Waals surface area contributed by atoms with Crippen LogP contribution >= 0.6 is 0 Å². The second-order valence-corrected chi connectivity index (χ2v) is 3.66. The summed E-state index contributed by atoms with van der Waals surface area (Å²) < 4.78 is 44.6. The molecule has 0 radical (unpaired) electrons. The summed E-state index contributed by atoms with van der Waals surface area (Å²) in [4.78, 5) is 7.70. The topological polar surface area (TPSA) is 43.3 Å². The molecule has 0 aliphatic carbocycles. The summed E-state index contributed by atoms with van der Waals surface area (Å²) in [6, 6.07) is 1.00. The van der Waals surface area contributed by atoms with Gasteiger partial charge in [0.05, 0.1) is 17.3 Å². The van der Waals surface area contributed by atoms with E-state index in [1.54, 1.807) is 0 Å². The number of pyridine rings is 1. The SMILES string of the molecule is FC(F)(F)c1cc(-c2cnco2)c2nccn2c1. The molecule has 0 N–H and O–H groups in total. The molecule has 0 amide bonds. The maximum atomic E-state index is 12.8. The molecule has 0 aromatic carbocycles. The summed E-state index contributed by atoms with van der Waals surface area (Å²) in [5.41, 5.74) is -0.119. The number of oxazole rings is 1. The highest BCUT2D eigenvalue weighted by atomic mass is 19.4. The number of halogens is 3. The van der Waals surface area contributed by atoms with Gasteiger partial charge in [-0.05, 0) is 6.07 Å². The van der Waals surface area contributed by atoms with E-state index in [0.29, 0.717) is 5.65 Å². The molecule has 0 aliphatic rings. The van der Waals surface area contributed by atoms with Crippen LogP contribution in [0.4, 0.5) is 13.2 Å². The highest BCUT2D eigenvalue weighted by molar-refractivity contribution is 5.74. The summed E-state index contributed by atoms with van der Waals surface area (Å²) in [7, 11) is 0. The van der Waals surface area contributed by atoms with Crippen molar-refractivity contribution in [1.82, 2.24) is 14.4 Å². The van der Waals surface area contributed by atoms with Crippen molar-refractivity contribution in [2.24, 2.45) is 0 Å². The van der Waals surface area contributed by atoms with E-state index in [-0.39, 0.29) is 11.3 Å². The summed E-state index contributed by atoms with van der Waals surface area (Å²) >= 11 is 0. The predicted molar refractivity (Wildman–Crippen MR) is 55.7 cm³/mol. The molecule has 0 spiro atoms. The summed E-state index contributed by atoms with van der Waals surface area (Å²) in [5, 5.41) is 0. The van der Waals surface area contributed by atoms with E-state index in [9.17, 15) is 13.2 Å². The Balaban J connectivity index is 2.32. The van der Waals surface area contributed by atoms with Crippen molar-refractivity contribution in [1.29, 1.82) is 0 Å². The molecule has 92 valence electrons. The van der Waals surface area contributed by atoms with Crippen molar-refractivity contribution in [3.05, 3.63) is 42.8 Å². The van der Waals surface area contributed by atoms with E-state index in [0.717, 1.165) is 18.7 Å². The van der Waals surface area contributed by atoms with Crippen LogP contribution in [-0.4, -0.2) is 14.4 Å². The van der Waals surface area contributed by atoms with Crippen LogP contribution < -0.4 is 0 Å². The third-order valence-electron chi connectivity index (χ3n) is 2.51. The van der Waals surface area contributed by atoms with Crippen molar-refractivity contribution < 1.29 is 17.6 Å². The van der Waals surface area contributed by atoms with Gasteiger partial charge in [0.2, 0.25) is 0 Å². The van der Waals surface area contributed by atoms with Gasteiger partial charge in [-0.15, -0.1) is 0 Å². The van der Waals surface area contributed by atoms with Crippen LogP contribution in [0.3, 0.4) is 0 Å². The van der Waals surface area contributed by atoms with E-state index in [2.05, 4.69) is 9.97 Å². The van der Waals surface area contributed by atoms with Gasteiger partial charge in [0.1, 0.15) is 5.65 Å². The van der Waals surface area contributed by atoms with Crippen molar-refractivity contribution in [2.75, 3.05) is 0 Å². The molecule has 0 aliphatic heterocycles. The lowest BCUT2D eigenvalue weighted by Gasteiger charge is -2.09. The van der Waals surface area contributed by atoms with Crippen molar-refractivity contribution in [3.63, 3.8) is 0 Å². The normalized spacial score (nSPS) is 12.2. The van der Waals surface area contributed by atoms with Gasteiger partial charge in [-0.1, -0.05) is 0 Å². The molecule has 0 saturated carbocycles. The highest BCUT2D eigenvalue weighted by Crippen LogP contribution is 2.33. The number of hydrogen-bond donors (Lipinski definition) is 0. The predicted octanol–water partition coefficient (Wildman–Crippen LogP) is 3.01. The van der Waals surface area contributed by atoms with Gasteiger partial charge in [-0.3, -0.25) is 0 Å². The van der Waals surface area contributed by atoms with Crippen LogP contribution in [0.25, 0.3) is 17.0 Å². The van der Waals surface area contributed by atoms with E-state index in [4.69, 9.17) is 4.42 Å². The average molecular weight is 253 g/mol. The van der Waals surface area contributed by atoms with Crippen LogP contribution in [0.15, 0.2) is 41.7 Å². The number of hydrogen-bond acceptors (Lipinski definition) is 3. The molecule has 3 heterocycles. The minimum atomic E-state index is -4.42. The van der Waals surface area contributed by atoms with E-state index in [1.807, 2.05) is 0 Å². The molecule has 0 saturated heterocycles. The van der Waals surface area contributed by atoms with Gasteiger partial charge in [0.25, 0.3) is 0 Å². The lowest BCUT2D eigenvalue weighted by atomic mass is 10.1. The number of aromatic nitrogens is 3. The zero-order valence-corrected chi connectivity index (χ0v) is 8.85. The number of nitrogens with zero attached hydrogens (tertiary/aromatic N) is 3. The Morgan fingerprint density at radius 2 is 2.11 bits per heavy atom. The van der Waals surface area contributed by atoms with E-state index in [1.165, 1.54) is 23.0 Å². The average Bonchev–Trinajstić information content (AvgIpc) is 2.97. The zero-order valence-electron chi connectivity index (χ0n) is 8.85. The van der Waals surface area contributed by atoms with Crippen molar-refractivity contribution in [3.8, 4) is 11.3 Å². The number of imidazole rings is 1. The van der Waals surface area contributed by atoms with E-state index >= 15 is 0 Å². The summed E-state index contributed by atoms with van der Waals surface area (Å²) in [6.45, 7) is 0. The lowest BCUT2D eigenvalue weighted by molar-refractivity contribution is -0.137. The number of fused-ring (bicyclic) bond motifs is 1. The van der Waals surface area contributed by atoms with Gasteiger partial charge in [-0.25, -0.2) is 9.97 Å². The van der Waals surface area contributed by atoms with Crippen LogP contribution in [0, 0.1) is 0 Å². The van der Waals surface area contributed by atoms with Crippen LogP contribution in [0.2, 0.25) is 0 Å². The molecule has 0 atom stereocenters. The molecule has 7 heteroatoms. The van der Waals surface area contributed by atoms with Crippen LogP contribution in [0.5, 0.6) is 0 Å². The minimum absolute atomic E-state index is 0.248. The number of rotatable bonds is 1. The monoisotopic (exact) mass is 253 g/mol. The Labute approximate surface area is 98.7 Å². The molecule has 18 heavy (non-hydrogen) atoms. The Morgan fingerprint density at radius 1 is 1.28 bits per heavy atom. The molecule has 0 unspecified atom stereocenters. The molecule has 4 nitrogen and oxygen atoms in total. The molecule has 3 rings (SSSR count). The third kappa shape index (κ3) is 1.64. The lowest BCUT2D eigenvalue weighted by Crippen LogP contribution is -2.07. The second kappa shape index (κ2) is 3.59. The second-order valence-electron chi connectivity index (χ2n) is 3.66. The molecular weight excluding hydrogens is 247 g/mol. The highest BCUT2D eigenvalue weighted by Gasteiger charge is 2.32. The van der Waals surface area contributed by atoms with Gasteiger partial charge in [0.15, 0.2) is 12.2 Å². The standard InChI is InChI=1S/C11H6F3N3O/c12-11(13,14)7-3-8(9-4-15-6-18-9)10-16-1-2-17(10)5-7/h1-6H. The van der Waals surface area contributed by atoms with Gasteiger partial charge in [0, 0.05) is 18.6 Å². The first kappa shape index (κ1) is 10.8. The van der Waals surface area contributed by atoms with Crippen molar-refractivity contribution >= 4 is 5.65 Å². The zero-order chi connectivity index (χ0) is 12.8. The molecule has 3 aromatic rings. The first-order valence-electron chi connectivity index (χ1n) is 4.98. The first-order valence-corrected chi connectivity index (χ1v) is 4.98. The maximum Gasteiger partial charge on any atom is 0.417 e. The summed E-state index contributed by atoms with van der Waals surface area (Å²) in [5.74, 6) is 0.248. The molecule has 3 aromatic heterocycles. The van der Waals surface area contributed by atoms with Crippen molar-refractivity contribution in [2.45, 2.75) is 6.18 Å². The maximum absolute atomic E-state index is 12.8. The molecule has 0 fully saturated rings. The van der Waals surface area contributed by atoms with Gasteiger partial charge >= 0.3 is 6.18 Å². The largest absolute Gasteiger partial charge is 0.443 e. The summed E-state index contributed by atoms with van der Waals surface area (Å²) in [6.07, 6.45) is 1.95. The van der Waals surface area contributed by atoms with Crippen LogP contribution in [0.1, 0.15) is 5.56 Å². The molecular formula is C11H6F3N3O. The van der Waals surface area contributed by atoms with Crippen LogP contribution in [-0.2, 0) is 6.18 Å². The Hall–Kier alpha value is -2.31. The Kier molecular flexibility index (Phi) is 2.16.